The van der Waals surface area contributed by atoms with Crippen LogP contribution in [0.5, 0.6) is 0 Å². The first-order chi connectivity index (χ1) is 9.98. The molecule has 1 aromatic carbocycles. The van der Waals surface area contributed by atoms with E-state index < -0.39 is 11.9 Å². The van der Waals surface area contributed by atoms with Gasteiger partial charge in [0, 0.05) is 17.6 Å². The van der Waals surface area contributed by atoms with Gasteiger partial charge in [0.05, 0.1) is 13.2 Å². The second kappa shape index (κ2) is 7.31. The van der Waals surface area contributed by atoms with E-state index in [1.54, 1.807) is 0 Å². The highest BCUT2D eigenvalue weighted by Crippen LogP contribution is 2.35. The average molecular weight is 364 g/mol. The first kappa shape index (κ1) is 16.4. The molecule has 0 bridgehead atoms. The van der Waals surface area contributed by atoms with E-state index in [1.807, 2.05) is 30.3 Å². The Labute approximate surface area is 130 Å². The van der Waals surface area contributed by atoms with Crippen LogP contribution in [0.2, 0.25) is 0 Å². The Morgan fingerprint density at radius 2 is 1.76 bits per heavy atom. The lowest BCUT2D eigenvalue weighted by atomic mass is 10.1. The molecule has 1 heterocycles. The number of morpholine rings is 1. The molecule has 116 valence electrons. The Balaban J connectivity index is 2.13. The minimum atomic E-state index is -4.35. The lowest BCUT2D eigenvalue weighted by Crippen LogP contribution is -2.40. The van der Waals surface area contributed by atoms with Crippen molar-refractivity contribution in [3.8, 4) is 0 Å². The number of alkyl halides is 3. The summed E-state index contributed by atoms with van der Waals surface area (Å²) in [4.78, 5) is 1.36. The highest BCUT2D eigenvalue weighted by atomic mass is 79.9. The van der Waals surface area contributed by atoms with E-state index in [9.17, 15) is 13.2 Å². The number of hydrogen-bond donors (Lipinski definition) is 0. The molecule has 0 atom stereocenters. The van der Waals surface area contributed by atoms with Gasteiger partial charge in [-0.25, -0.2) is 0 Å². The van der Waals surface area contributed by atoms with Crippen LogP contribution in [0.1, 0.15) is 12.0 Å². The lowest BCUT2D eigenvalue weighted by Gasteiger charge is -2.33. The molecule has 1 saturated heterocycles. The summed E-state index contributed by atoms with van der Waals surface area (Å²) in [5, 5.41) is 0. The monoisotopic (exact) mass is 363 g/mol. The fourth-order valence-electron chi connectivity index (χ4n) is 2.31. The summed E-state index contributed by atoms with van der Waals surface area (Å²) in [6, 6.07) is 9.51. The highest BCUT2D eigenvalue weighted by Gasteiger charge is 2.40. The number of nitrogens with zero attached hydrogens (tertiary/aromatic N) is 1. The average Bonchev–Trinajstić information content (AvgIpc) is 2.46. The molecule has 2 rings (SSSR count). The van der Waals surface area contributed by atoms with Crippen LogP contribution < -0.4 is 0 Å². The van der Waals surface area contributed by atoms with Crippen LogP contribution in [0.15, 0.2) is 40.5 Å². The molecule has 0 amide bonds. The topological polar surface area (TPSA) is 12.5 Å². The zero-order valence-corrected chi connectivity index (χ0v) is 13.1. The van der Waals surface area contributed by atoms with Crippen LogP contribution in [0.4, 0.5) is 13.2 Å². The molecule has 0 aliphatic carbocycles. The Kier molecular flexibility index (Phi) is 5.70. The predicted molar refractivity (Wildman–Crippen MR) is 79.2 cm³/mol. The standard InChI is InChI=1S/C15H17BrF3NO/c16-13(7-6-12-4-2-1-3-5-12)14(15(17,18)19)20-8-10-21-11-9-20/h1-5H,6-11H2/b14-13-. The molecule has 0 N–H and O–H groups in total. The third-order valence-corrected chi connectivity index (χ3v) is 4.10. The first-order valence-corrected chi connectivity index (χ1v) is 7.60. The third kappa shape index (κ3) is 4.74. The van der Waals surface area contributed by atoms with Crippen molar-refractivity contribution in [2.75, 3.05) is 26.3 Å². The third-order valence-electron chi connectivity index (χ3n) is 3.33. The van der Waals surface area contributed by atoms with Gasteiger partial charge in [-0.1, -0.05) is 46.3 Å². The molecule has 0 spiro atoms. The van der Waals surface area contributed by atoms with Crippen molar-refractivity contribution in [1.29, 1.82) is 0 Å². The summed E-state index contributed by atoms with van der Waals surface area (Å²) in [6.07, 6.45) is -3.45. The molecule has 0 saturated carbocycles. The van der Waals surface area contributed by atoms with Crippen molar-refractivity contribution in [3.63, 3.8) is 0 Å². The predicted octanol–water partition coefficient (Wildman–Crippen LogP) is 4.12. The zero-order valence-electron chi connectivity index (χ0n) is 11.5. The van der Waals surface area contributed by atoms with Crippen molar-refractivity contribution < 1.29 is 17.9 Å². The van der Waals surface area contributed by atoms with Gasteiger partial charge in [-0.05, 0) is 18.4 Å². The van der Waals surface area contributed by atoms with Gasteiger partial charge in [0.1, 0.15) is 5.70 Å². The van der Waals surface area contributed by atoms with Crippen LogP contribution in [0.25, 0.3) is 0 Å². The van der Waals surface area contributed by atoms with Crippen LogP contribution in [0.3, 0.4) is 0 Å². The molecule has 1 aromatic rings. The van der Waals surface area contributed by atoms with Crippen LogP contribution >= 0.6 is 15.9 Å². The molecule has 21 heavy (non-hydrogen) atoms. The van der Waals surface area contributed by atoms with E-state index in [0.29, 0.717) is 26.1 Å². The maximum Gasteiger partial charge on any atom is 0.431 e. The Morgan fingerprint density at radius 3 is 2.33 bits per heavy atom. The molecule has 2 nitrogen and oxygen atoms in total. The summed E-state index contributed by atoms with van der Waals surface area (Å²) in [5.41, 5.74) is 0.458. The number of benzene rings is 1. The number of aryl methyl sites for hydroxylation is 1. The van der Waals surface area contributed by atoms with Crippen LogP contribution in [0, 0.1) is 0 Å². The number of ether oxygens (including phenoxy) is 1. The minimum Gasteiger partial charge on any atom is -0.378 e. The second-order valence-electron chi connectivity index (χ2n) is 4.84. The summed E-state index contributed by atoms with van der Waals surface area (Å²) < 4.78 is 45.3. The molecular weight excluding hydrogens is 347 g/mol. The van der Waals surface area contributed by atoms with Gasteiger partial charge in [0.25, 0.3) is 0 Å². The smallest absolute Gasteiger partial charge is 0.378 e. The molecular formula is C15H17BrF3NO. The van der Waals surface area contributed by atoms with Gasteiger partial charge in [-0.2, -0.15) is 13.2 Å². The molecule has 0 unspecified atom stereocenters. The largest absolute Gasteiger partial charge is 0.431 e. The van der Waals surface area contributed by atoms with E-state index in [2.05, 4.69) is 15.9 Å². The van der Waals surface area contributed by atoms with E-state index >= 15 is 0 Å². The summed E-state index contributed by atoms with van der Waals surface area (Å²) in [5.74, 6) is 0. The summed E-state index contributed by atoms with van der Waals surface area (Å²) >= 11 is 3.15. The van der Waals surface area contributed by atoms with Gasteiger partial charge in [0.15, 0.2) is 0 Å². The highest BCUT2D eigenvalue weighted by molar-refractivity contribution is 9.11. The molecule has 0 radical (unpaired) electrons. The molecule has 6 heteroatoms. The number of rotatable bonds is 4. The normalized spacial score (nSPS) is 17.6. The number of allylic oxidation sites excluding steroid dienone is 2. The maximum absolute atomic E-state index is 13.3. The number of halogens is 4. The van der Waals surface area contributed by atoms with Crippen molar-refractivity contribution in [3.05, 3.63) is 46.1 Å². The van der Waals surface area contributed by atoms with Gasteiger partial charge >= 0.3 is 6.18 Å². The Bertz CT molecular complexity index is 481. The SMILES string of the molecule is FC(F)(F)/C(=C(/Br)CCc1ccccc1)N1CCOCC1. The summed E-state index contributed by atoms with van der Waals surface area (Å²) in [6.45, 7) is 1.21. The van der Waals surface area contributed by atoms with Crippen molar-refractivity contribution >= 4 is 15.9 Å². The number of hydrogen-bond acceptors (Lipinski definition) is 2. The Morgan fingerprint density at radius 1 is 1.14 bits per heavy atom. The van der Waals surface area contributed by atoms with E-state index in [0.717, 1.165) is 5.56 Å². The minimum absolute atomic E-state index is 0.209. The Hall–Kier alpha value is -1.01. The molecule has 1 fully saturated rings. The van der Waals surface area contributed by atoms with Crippen molar-refractivity contribution in [2.24, 2.45) is 0 Å². The van der Waals surface area contributed by atoms with E-state index in [1.165, 1.54) is 4.90 Å². The maximum atomic E-state index is 13.3. The van der Waals surface area contributed by atoms with Gasteiger partial charge in [-0.15, -0.1) is 0 Å². The van der Waals surface area contributed by atoms with E-state index in [4.69, 9.17) is 4.74 Å². The van der Waals surface area contributed by atoms with Crippen LogP contribution in [-0.4, -0.2) is 37.4 Å². The van der Waals surface area contributed by atoms with E-state index in [-0.39, 0.29) is 17.6 Å². The quantitative estimate of drug-likeness (QED) is 0.797. The van der Waals surface area contributed by atoms with Crippen LogP contribution in [-0.2, 0) is 11.2 Å². The summed E-state index contributed by atoms with van der Waals surface area (Å²) in [7, 11) is 0. The van der Waals surface area contributed by atoms with Crippen molar-refractivity contribution in [2.45, 2.75) is 19.0 Å². The molecule has 1 aliphatic rings. The van der Waals surface area contributed by atoms with Gasteiger partial charge < -0.3 is 9.64 Å². The fraction of sp³-hybridized carbons (Fsp3) is 0.467. The molecule has 1 aliphatic heterocycles. The van der Waals surface area contributed by atoms with Gasteiger partial charge in [0.2, 0.25) is 0 Å². The first-order valence-electron chi connectivity index (χ1n) is 6.81. The van der Waals surface area contributed by atoms with Crippen molar-refractivity contribution in [1.82, 2.24) is 4.90 Å². The second-order valence-corrected chi connectivity index (χ2v) is 5.79. The fourth-order valence-corrected chi connectivity index (χ4v) is 2.98. The lowest BCUT2D eigenvalue weighted by molar-refractivity contribution is -0.118. The van der Waals surface area contributed by atoms with Gasteiger partial charge in [-0.3, -0.25) is 0 Å². The molecule has 0 aromatic heterocycles. The zero-order chi connectivity index (χ0) is 15.3.